The molecule has 2 N–H and O–H groups in total. The van der Waals surface area contributed by atoms with Crippen LogP contribution in [0.3, 0.4) is 0 Å². The molecule has 0 aromatic heterocycles. The largest absolute Gasteiger partial charge is 0.343 e. The lowest BCUT2D eigenvalue weighted by Crippen LogP contribution is -2.48. The number of hydrogen-bond acceptors (Lipinski definition) is 4. The Hall–Kier alpha value is -2.41. The van der Waals surface area contributed by atoms with Crippen LogP contribution in [-0.2, 0) is 19.8 Å². The zero-order valence-corrected chi connectivity index (χ0v) is 16.8. The third-order valence-electron chi connectivity index (χ3n) is 6.41. The maximum atomic E-state index is 13.4. The fourth-order valence-electron chi connectivity index (χ4n) is 4.53. The van der Waals surface area contributed by atoms with Crippen molar-refractivity contribution in [2.45, 2.75) is 51.5 Å². The van der Waals surface area contributed by atoms with Gasteiger partial charge in [-0.1, -0.05) is 29.8 Å². The first-order valence-electron chi connectivity index (χ1n) is 9.83. The summed E-state index contributed by atoms with van der Waals surface area (Å²) in [4.78, 5) is 40.7. The van der Waals surface area contributed by atoms with E-state index in [9.17, 15) is 14.4 Å². The number of benzene rings is 1. The van der Waals surface area contributed by atoms with Gasteiger partial charge in [0.15, 0.2) is 0 Å². The van der Waals surface area contributed by atoms with E-state index in [0.29, 0.717) is 26.1 Å². The maximum Gasteiger partial charge on any atom is 0.245 e. The molecule has 1 aromatic carbocycles. The molecule has 2 aliphatic heterocycles. The van der Waals surface area contributed by atoms with Crippen LogP contribution in [-0.4, -0.2) is 58.4 Å². The molecule has 2 unspecified atom stereocenters. The zero-order chi connectivity index (χ0) is 20.5. The Morgan fingerprint density at radius 1 is 1.29 bits per heavy atom. The van der Waals surface area contributed by atoms with Gasteiger partial charge in [-0.05, 0) is 38.2 Å². The van der Waals surface area contributed by atoms with Crippen molar-refractivity contribution in [1.82, 2.24) is 15.3 Å². The van der Waals surface area contributed by atoms with Crippen LogP contribution >= 0.6 is 0 Å². The van der Waals surface area contributed by atoms with Gasteiger partial charge in [-0.2, -0.15) is 0 Å². The molecule has 0 saturated carbocycles. The third kappa shape index (κ3) is 3.76. The number of amides is 3. The number of hydroxylamine groups is 1. The van der Waals surface area contributed by atoms with Gasteiger partial charge >= 0.3 is 0 Å². The van der Waals surface area contributed by atoms with Crippen molar-refractivity contribution in [3.05, 3.63) is 35.4 Å². The molecule has 1 aromatic rings. The molecule has 7 heteroatoms. The van der Waals surface area contributed by atoms with Gasteiger partial charge < -0.3 is 9.80 Å². The average Bonchev–Trinajstić information content (AvgIpc) is 3.27. The van der Waals surface area contributed by atoms with Crippen LogP contribution in [0, 0.1) is 12.8 Å². The number of aryl methyl sites for hydroxylation is 1. The van der Waals surface area contributed by atoms with E-state index in [1.807, 2.05) is 38.1 Å². The van der Waals surface area contributed by atoms with E-state index in [4.69, 9.17) is 5.21 Å². The Balaban J connectivity index is 1.84. The molecule has 7 nitrogen and oxygen atoms in total. The number of likely N-dealkylation sites (tertiary alicyclic amines) is 2. The smallest absolute Gasteiger partial charge is 0.245 e. The third-order valence-corrected chi connectivity index (χ3v) is 6.41. The Kier molecular flexibility index (Phi) is 5.74. The summed E-state index contributed by atoms with van der Waals surface area (Å²) in [6, 6.07) is 7.68. The molecule has 3 rings (SSSR count). The summed E-state index contributed by atoms with van der Waals surface area (Å²) < 4.78 is 0. The minimum atomic E-state index is -0.624. The van der Waals surface area contributed by atoms with Crippen molar-refractivity contribution in [2.24, 2.45) is 5.92 Å². The Morgan fingerprint density at radius 3 is 2.54 bits per heavy atom. The molecule has 3 amide bonds. The van der Waals surface area contributed by atoms with E-state index in [-0.39, 0.29) is 30.2 Å². The van der Waals surface area contributed by atoms with E-state index >= 15 is 0 Å². The summed E-state index contributed by atoms with van der Waals surface area (Å²) >= 11 is 0. The molecule has 0 radical (unpaired) electrons. The van der Waals surface area contributed by atoms with Gasteiger partial charge in [0.05, 0.1) is 5.41 Å². The van der Waals surface area contributed by atoms with E-state index in [1.165, 1.54) is 6.92 Å². The van der Waals surface area contributed by atoms with Crippen LogP contribution in [0.4, 0.5) is 0 Å². The van der Waals surface area contributed by atoms with Gasteiger partial charge in [-0.15, -0.1) is 0 Å². The minimum Gasteiger partial charge on any atom is -0.343 e. The fraction of sp³-hybridized carbons (Fsp3) is 0.571. The van der Waals surface area contributed by atoms with Crippen LogP contribution < -0.4 is 5.48 Å². The first-order valence-corrected chi connectivity index (χ1v) is 9.83. The molecular weight excluding hydrogens is 358 g/mol. The molecule has 2 saturated heterocycles. The van der Waals surface area contributed by atoms with Crippen molar-refractivity contribution in [2.75, 3.05) is 19.6 Å². The fourth-order valence-corrected chi connectivity index (χ4v) is 4.53. The molecule has 2 aliphatic rings. The predicted octanol–water partition coefficient (Wildman–Crippen LogP) is 1.62. The first-order chi connectivity index (χ1) is 13.3. The SMILES string of the molecule is CC(=O)N1CCC([C@H](CC(=O)NO)N2CCC(C)(c3ccc(C)cc3)C2=O)C1. The standard InChI is InChI=1S/C21H29N3O4/c1-14-4-6-17(7-5-14)21(3)9-11-24(20(21)27)18(12-19(26)22-28)16-8-10-23(13-16)15(2)25/h4-7,16,18,28H,8-13H2,1-3H3,(H,22,26)/t16?,18-,21?/m0/s1. The van der Waals surface area contributed by atoms with E-state index < -0.39 is 11.3 Å². The van der Waals surface area contributed by atoms with Gasteiger partial charge in [-0.3, -0.25) is 19.6 Å². The van der Waals surface area contributed by atoms with E-state index in [1.54, 1.807) is 15.3 Å². The Morgan fingerprint density at radius 2 is 1.96 bits per heavy atom. The second-order valence-electron chi connectivity index (χ2n) is 8.27. The number of nitrogens with zero attached hydrogens (tertiary/aromatic N) is 2. The highest BCUT2D eigenvalue weighted by atomic mass is 16.5. The maximum absolute atomic E-state index is 13.4. The monoisotopic (exact) mass is 387 g/mol. The summed E-state index contributed by atoms with van der Waals surface area (Å²) in [5, 5.41) is 9.01. The zero-order valence-electron chi connectivity index (χ0n) is 16.8. The molecular formula is C21H29N3O4. The van der Waals surface area contributed by atoms with E-state index in [0.717, 1.165) is 17.5 Å². The topological polar surface area (TPSA) is 89.9 Å². The number of hydrogen-bond donors (Lipinski definition) is 2. The number of carbonyl (C=O) groups is 3. The Bertz CT molecular complexity index is 763. The highest BCUT2D eigenvalue weighted by molar-refractivity contribution is 5.90. The van der Waals surface area contributed by atoms with Gasteiger partial charge in [-0.25, -0.2) is 5.48 Å². The summed E-state index contributed by atoms with van der Waals surface area (Å²) in [5.74, 6) is -0.480. The lowest BCUT2D eigenvalue weighted by molar-refractivity contribution is -0.137. The second-order valence-corrected chi connectivity index (χ2v) is 8.27. The van der Waals surface area contributed by atoms with Crippen LogP contribution in [0.15, 0.2) is 24.3 Å². The molecule has 2 heterocycles. The predicted molar refractivity (Wildman–Crippen MR) is 104 cm³/mol. The van der Waals surface area contributed by atoms with Gasteiger partial charge in [0.2, 0.25) is 17.7 Å². The molecule has 152 valence electrons. The summed E-state index contributed by atoms with van der Waals surface area (Å²) in [5.41, 5.74) is 3.19. The van der Waals surface area contributed by atoms with Crippen LogP contribution in [0.2, 0.25) is 0 Å². The van der Waals surface area contributed by atoms with Gasteiger partial charge in [0.1, 0.15) is 0 Å². The molecule has 3 atom stereocenters. The van der Waals surface area contributed by atoms with Crippen molar-refractivity contribution in [1.29, 1.82) is 0 Å². The minimum absolute atomic E-state index is 0.00472. The number of carbonyl (C=O) groups excluding carboxylic acids is 3. The quantitative estimate of drug-likeness (QED) is 0.593. The highest BCUT2D eigenvalue weighted by Gasteiger charge is 2.48. The van der Waals surface area contributed by atoms with E-state index in [2.05, 4.69) is 0 Å². The average molecular weight is 387 g/mol. The van der Waals surface area contributed by atoms with Gasteiger partial charge in [0, 0.05) is 39.0 Å². The number of nitrogens with one attached hydrogen (secondary N) is 1. The second kappa shape index (κ2) is 7.91. The van der Waals surface area contributed by atoms with Crippen LogP contribution in [0.25, 0.3) is 0 Å². The lowest BCUT2D eigenvalue weighted by atomic mass is 9.80. The normalized spacial score (nSPS) is 25.9. The van der Waals surface area contributed by atoms with Crippen molar-refractivity contribution >= 4 is 17.7 Å². The summed E-state index contributed by atoms with van der Waals surface area (Å²) in [6.07, 6.45) is 1.45. The van der Waals surface area contributed by atoms with Crippen molar-refractivity contribution in [3.63, 3.8) is 0 Å². The van der Waals surface area contributed by atoms with Crippen molar-refractivity contribution < 1.29 is 19.6 Å². The molecule has 0 bridgehead atoms. The van der Waals surface area contributed by atoms with Crippen LogP contribution in [0.1, 0.15) is 44.2 Å². The summed E-state index contributed by atoms with van der Waals surface area (Å²) in [7, 11) is 0. The molecule has 0 spiro atoms. The lowest BCUT2D eigenvalue weighted by Gasteiger charge is -2.34. The van der Waals surface area contributed by atoms with Crippen LogP contribution in [0.5, 0.6) is 0 Å². The number of rotatable bonds is 5. The Labute approximate surface area is 165 Å². The van der Waals surface area contributed by atoms with Gasteiger partial charge in [0.25, 0.3) is 0 Å². The first kappa shape index (κ1) is 20.3. The highest BCUT2D eigenvalue weighted by Crippen LogP contribution is 2.39. The molecule has 28 heavy (non-hydrogen) atoms. The summed E-state index contributed by atoms with van der Waals surface area (Å²) in [6.45, 7) is 7.23. The molecule has 0 aliphatic carbocycles. The van der Waals surface area contributed by atoms with Crippen molar-refractivity contribution in [3.8, 4) is 0 Å². The molecule has 2 fully saturated rings.